The largest absolute Gasteiger partial charge is 0.379 e. The second-order valence-electron chi connectivity index (χ2n) is 6.33. The van der Waals surface area contributed by atoms with Gasteiger partial charge < -0.3 is 14.6 Å². The molecule has 0 unspecified atom stereocenters. The minimum atomic E-state index is -0.209. The number of nitrogens with one attached hydrogen (secondary N) is 1. The van der Waals surface area contributed by atoms with Crippen LogP contribution in [-0.2, 0) is 11.2 Å². The first-order valence-corrected chi connectivity index (χ1v) is 8.04. The maximum atomic E-state index is 12.3. The van der Waals surface area contributed by atoms with E-state index in [1.807, 2.05) is 12.1 Å². The van der Waals surface area contributed by atoms with Gasteiger partial charge in [-0.3, -0.25) is 9.78 Å². The molecule has 2 aliphatic rings. The van der Waals surface area contributed by atoms with Crippen LogP contribution in [0.3, 0.4) is 0 Å². The zero-order chi connectivity index (χ0) is 15.6. The van der Waals surface area contributed by atoms with E-state index >= 15 is 0 Å². The molecule has 23 heavy (non-hydrogen) atoms. The van der Waals surface area contributed by atoms with E-state index in [1.54, 1.807) is 18.5 Å². The lowest BCUT2D eigenvalue weighted by Crippen LogP contribution is -2.40. The van der Waals surface area contributed by atoms with E-state index in [0.717, 1.165) is 25.0 Å². The Morgan fingerprint density at radius 2 is 2.09 bits per heavy atom. The number of pyridine rings is 1. The fraction of sp³-hybridized carbons (Fsp3) is 0.471. The number of nitrogens with zero attached hydrogens (tertiary/aromatic N) is 2. The lowest BCUT2D eigenvalue weighted by atomic mass is 9.95. The van der Waals surface area contributed by atoms with Gasteiger partial charge in [0.1, 0.15) is 0 Å². The first-order chi connectivity index (χ1) is 11.3. The molecule has 6 nitrogen and oxygen atoms in total. The number of rotatable bonds is 5. The quantitative estimate of drug-likeness (QED) is 0.912. The molecule has 120 valence electrons. The van der Waals surface area contributed by atoms with Crippen LogP contribution in [0.25, 0.3) is 0 Å². The van der Waals surface area contributed by atoms with Crippen molar-refractivity contribution in [2.45, 2.75) is 31.2 Å². The van der Waals surface area contributed by atoms with Crippen LogP contribution < -0.4 is 5.32 Å². The van der Waals surface area contributed by atoms with Crippen LogP contribution in [-0.4, -0.2) is 35.3 Å². The average molecular weight is 313 g/mol. The smallest absolute Gasteiger partial charge is 0.290 e. The van der Waals surface area contributed by atoms with Gasteiger partial charge in [-0.2, -0.15) is 0 Å². The summed E-state index contributed by atoms with van der Waals surface area (Å²) in [5.74, 6) is 0.822. The molecular weight excluding hydrogens is 294 g/mol. The van der Waals surface area contributed by atoms with E-state index in [-0.39, 0.29) is 17.9 Å². The van der Waals surface area contributed by atoms with Crippen molar-refractivity contribution in [2.24, 2.45) is 5.92 Å². The van der Waals surface area contributed by atoms with E-state index < -0.39 is 0 Å². The van der Waals surface area contributed by atoms with Crippen LogP contribution in [0.2, 0.25) is 0 Å². The summed E-state index contributed by atoms with van der Waals surface area (Å²) in [7, 11) is 0. The van der Waals surface area contributed by atoms with Crippen molar-refractivity contribution in [3.05, 3.63) is 47.6 Å². The molecule has 1 aliphatic carbocycles. The standard InChI is InChI=1S/C17H19N3O3/c21-17(16-8-14(20-23-16)12-1-2-12)19-15-10-22-9-13(15)7-11-3-5-18-6-4-11/h3-6,8,12-13,15H,1-2,7,9-10H2,(H,19,21)/t13-,15-/m1/s1. The van der Waals surface area contributed by atoms with Gasteiger partial charge in [-0.1, -0.05) is 5.16 Å². The maximum Gasteiger partial charge on any atom is 0.290 e. The average Bonchev–Trinajstić information content (AvgIpc) is 3.14. The third kappa shape index (κ3) is 3.27. The molecule has 1 saturated carbocycles. The summed E-state index contributed by atoms with van der Waals surface area (Å²) in [4.78, 5) is 16.4. The molecule has 0 aromatic carbocycles. The predicted molar refractivity (Wildman–Crippen MR) is 82.0 cm³/mol. The summed E-state index contributed by atoms with van der Waals surface area (Å²) < 4.78 is 10.7. The minimum absolute atomic E-state index is 0.00913. The number of amides is 1. The lowest BCUT2D eigenvalue weighted by Gasteiger charge is -2.18. The van der Waals surface area contributed by atoms with Gasteiger partial charge in [0.2, 0.25) is 5.76 Å². The molecule has 2 aromatic rings. The van der Waals surface area contributed by atoms with Crippen molar-refractivity contribution in [2.75, 3.05) is 13.2 Å². The Labute approximate surface area is 134 Å². The van der Waals surface area contributed by atoms with E-state index in [9.17, 15) is 4.79 Å². The lowest BCUT2D eigenvalue weighted by molar-refractivity contribution is 0.0887. The van der Waals surface area contributed by atoms with Crippen LogP contribution in [0, 0.1) is 5.92 Å². The summed E-state index contributed by atoms with van der Waals surface area (Å²) in [6, 6.07) is 5.75. The summed E-state index contributed by atoms with van der Waals surface area (Å²) in [5, 5.41) is 7.01. The van der Waals surface area contributed by atoms with Crippen molar-refractivity contribution in [3.63, 3.8) is 0 Å². The summed E-state index contributed by atoms with van der Waals surface area (Å²) in [6.45, 7) is 1.18. The van der Waals surface area contributed by atoms with Crippen LogP contribution >= 0.6 is 0 Å². The normalized spacial score (nSPS) is 23.8. The van der Waals surface area contributed by atoms with E-state index in [1.165, 1.54) is 5.56 Å². The summed E-state index contributed by atoms with van der Waals surface area (Å²) >= 11 is 0. The van der Waals surface area contributed by atoms with Crippen LogP contribution in [0.1, 0.15) is 40.6 Å². The third-order valence-corrected chi connectivity index (χ3v) is 4.51. The third-order valence-electron chi connectivity index (χ3n) is 4.51. The van der Waals surface area contributed by atoms with Crippen LogP contribution in [0.15, 0.2) is 35.1 Å². The zero-order valence-electron chi connectivity index (χ0n) is 12.8. The molecule has 1 aliphatic heterocycles. The molecule has 0 radical (unpaired) electrons. The fourth-order valence-corrected chi connectivity index (χ4v) is 2.99. The minimum Gasteiger partial charge on any atom is -0.379 e. The topological polar surface area (TPSA) is 77.2 Å². The van der Waals surface area contributed by atoms with Crippen molar-refractivity contribution in [3.8, 4) is 0 Å². The Hall–Kier alpha value is -2.21. The number of hydrogen-bond donors (Lipinski definition) is 1. The molecule has 1 N–H and O–H groups in total. The number of carbonyl (C=O) groups is 1. The Kier molecular flexibility index (Phi) is 3.83. The maximum absolute atomic E-state index is 12.3. The first-order valence-electron chi connectivity index (χ1n) is 8.04. The SMILES string of the molecule is O=C(N[C@@H]1COC[C@H]1Cc1ccncc1)c1cc(C2CC2)no1. The first kappa shape index (κ1) is 14.4. The molecule has 2 fully saturated rings. The van der Waals surface area contributed by atoms with Crippen LogP contribution in [0.4, 0.5) is 0 Å². The molecule has 2 atom stereocenters. The van der Waals surface area contributed by atoms with Gasteiger partial charge in [0.25, 0.3) is 5.91 Å². The van der Waals surface area contributed by atoms with Crippen molar-refractivity contribution in [1.82, 2.24) is 15.5 Å². The van der Waals surface area contributed by atoms with E-state index in [2.05, 4.69) is 15.5 Å². The molecule has 1 amide bonds. The van der Waals surface area contributed by atoms with Gasteiger partial charge in [-0.15, -0.1) is 0 Å². The Morgan fingerprint density at radius 3 is 2.87 bits per heavy atom. The highest BCUT2D eigenvalue weighted by molar-refractivity contribution is 5.91. The van der Waals surface area contributed by atoms with Gasteiger partial charge in [-0.05, 0) is 37.0 Å². The molecule has 0 bridgehead atoms. The highest BCUT2D eigenvalue weighted by atomic mass is 16.5. The van der Waals surface area contributed by atoms with Crippen molar-refractivity contribution >= 4 is 5.91 Å². The molecule has 1 saturated heterocycles. The van der Waals surface area contributed by atoms with Gasteiger partial charge >= 0.3 is 0 Å². The number of hydrogen-bond acceptors (Lipinski definition) is 5. The second kappa shape index (κ2) is 6.12. The summed E-state index contributed by atoms with van der Waals surface area (Å²) in [6.07, 6.45) is 6.70. The highest BCUT2D eigenvalue weighted by Crippen LogP contribution is 2.39. The summed E-state index contributed by atoms with van der Waals surface area (Å²) in [5.41, 5.74) is 2.09. The Bertz CT molecular complexity index is 681. The number of aromatic nitrogens is 2. The van der Waals surface area contributed by atoms with E-state index in [4.69, 9.17) is 9.26 Å². The number of ether oxygens (including phenoxy) is 1. The highest BCUT2D eigenvalue weighted by Gasteiger charge is 2.32. The molecule has 0 spiro atoms. The molecule has 2 aromatic heterocycles. The van der Waals surface area contributed by atoms with E-state index in [0.29, 0.717) is 24.9 Å². The van der Waals surface area contributed by atoms with Crippen molar-refractivity contribution < 1.29 is 14.1 Å². The molecule has 4 rings (SSSR count). The molecule has 6 heteroatoms. The molecular formula is C17H19N3O3. The van der Waals surface area contributed by atoms with Gasteiger partial charge in [0.05, 0.1) is 24.9 Å². The number of carbonyl (C=O) groups excluding carboxylic acids is 1. The molecule has 3 heterocycles. The monoisotopic (exact) mass is 313 g/mol. The Morgan fingerprint density at radius 1 is 1.26 bits per heavy atom. The predicted octanol–water partition coefficient (Wildman–Crippen LogP) is 1.93. The van der Waals surface area contributed by atoms with Crippen molar-refractivity contribution in [1.29, 1.82) is 0 Å². The second-order valence-corrected chi connectivity index (χ2v) is 6.33. The van der Waals surface area contributed by atoms with Gasteiger partial charge in [0.15, 0.2) is 0 Å². The zero-order valence-corrected chi connectivity index (χ0v) is 12.8. The fourth-order valence-electron chi connectivity index (χ4n) is 2.99. The van der Waals surface area contributed by atoms with Crippen LogP contribution in [0.5, 0.6) is 0 Å². The van der Waals surface area contributed by atoms with Gasteiger partial charge in [-0.25, -0.2) is 0 Å². The Balaban J connectivity index is 1.39. The van der Waals surface area contributed by atoms with Gasteiger partial charge in [0, 0.05) is 30.3 Å².